The van der Waals surface area contributed by atoms with Crippen molar-refractivity contribution in [3.05, 3.63) is 119 Å². The minimum Gasteiger partial charge on any atom is -0.489 e. The molecular weight excluding hydrogens is 762 g/mol. The highest BCUT2D eigenvalue weighted by Gasteiger charge is 2.65. The Bertz CT molecular complexity index is 2050. The fourth-order valence-electron chi connectivity index (χ4n) is 9.20. The van der Waals surface area contributed by atoms with Crippen LogP contribution in [0.3, 0.4) is 0 Å². The zero-order valence-electron chi connectivity index (χ0n) is 35.4. The molecule has 6 rings (SSSR count). The van der Waals surface area contributed by atoms with E-state index in [0.717, 1.165) is 36.8 Å². The van der Waals surface area contributed by atoms with Crippen LogP contribution in [0.25, 0.3) is 0 Å². The van der Waals surface area contributed by atoms with Crippen LogP contribution in [0.1, 0.15) is 112 Å². The van der Waals surface area contributed by atoms with Gasteiger partial charge in [0, 0.05) is 48.8 Å². The zero-order valence-corrected chi connectivity index (χ0v) is 35.4. The van der Waals surface area contributed by atoms with E-state index < -0.39 is 23.3 Å². The van der Waals surface area contributed by atoms with Crippen LogP contribution < -0.4 is 9.47 Å². The third-order valence-electron chi connectivity index (χ3n) is 11.8. The number of aliphatic hydroxyl groups is 2. The van der Waals surface area contributed by atoms with Crippen LogP contribution in [-0.4, -0.2) is 70.5 Å². The van der Waals surface area contributed by atoms with Crippen LogP contribution in [0.4, 0.5) is 4.39 Å². The number of nitriles is 1. The molecule has 0 radical (unpaired) electrons. The van der Waals surface area contributed by atoms with Crippen molar-refractivity contribution in [3.8, 4) is 17.6 Å². The first-order valence-corrected chi connectivity index (χ1v) is 21.4. The van der Waals surface area contributed by atoms with Crippen molar-refractivity contribution in [3.63, 3.8) is 0 Å². The van der Waals surface area contributed by atoms with E-state index in [1.54, 1.807) is 48.5 Å². The maximum absolute atomic E-state index is 14.9. The quantitative estimate of drug-likeness (QED) is 0.0695. The van der Waals surface area contributed by atoms with Crippen LogP contribution in [0.5, 0.6) is 11.5 Å². The number of oxime groups is 1. The molecule has 2 aliphatic carbocycles. The normalized spacial score (nSPS) is 23.7. The summed E-state index contributed by atoms with van der Waals surface area (Å²) in [5.41, 5.74) is 3.27. The monoisotopic (exact) mass is 821 g/mol. The van der Waals surface area contributed by atoms with Gasteiger partial charge in [-0.1, -0.05) is 55.3 Å². The Labute approximate surface area is 354 Å². The summed E-state index contributed by atoms with van der Waals surface area (Å²) < 4.78 is 35.4. The fourth-order valence-corrected chi connectivity index (χ4v) is 9.20. The van der Waals surface area contributed by atoms with Crippen molar-refractivity contribution in [1.82, 2.24) is 4.90 Å². The van der Waals surface area contributed by atoms with Gasteiger partial charge < -0.3 is 34.2 Å². The number of nitrogens with zero attached hydrogens (tertiary/aromatic N) is 3. The minimum atomic E-state index is -1.42. The number of carbonyl (C=O) groups is 1. The van der Waals surface area contributed by atoms with Gasteiger partial charge in [0.2, 0.25) is 5.79 Å². The molecule has 60 heavy (non-hydrogen) atoms. The standard InChI is InChI=1S/C49H60FN3O7/c1-6-24-53(47(56)34-20-18-33(31-51)19-21-34)44-30-42(52-60-48(3,4)5)39-28-35(14-10-12-25-54)38(16-11-13-26-55)45-40-29-37(57-32-36-15-8-9-17-41(36)50)22-23-43(40)59-49(44,46(39)45)58-27-7-2/h7-9,15,17-23,28-29,35,38,44-46,54-55H,2,6,10-14,16,24-27,30,32H2,1,3-5H3/t35-,38+,44-,45+,46+,49+/m0/s1. The zero-order chi connectivity index (χ0) is 42.9. The van der Waals surface area contributed by atoms with Crippen LogP contribution in [0.15, 0.2) is 96.2 Å². The Morgan fingerprint density at radius 2 is 1.80 bits per heavy atom. The number of carbonyl (C=O) groups excluding carboxylic acids is 1. The summed E-state index contributed by atoms with van der Waals surface area (Å²) in [7, 11) is 0. The lowest BCUT2D eigenvalue weighted by molar-refractivity contribution is -0.254. The van der Waals surface area contributed by atoms with E-state index in [1.807, 2.05) is 50.8 Å². The van der Waals surface area contributed by atoms with Crippen molar-refractivity contribution < 1.29 is 38.4 Å². The highest BCUT2D eigenvalue weighted by atomic mass is 19.1. The molecule has 3 aliphatic rings. The number of benzene rings is 3. The van der Waals surface area contributed by atoms with E-state index in [9.17, 15) is 24.7 Å². The van der Waals surface area contributed by atoms with Gasteiger partial charge in [-0.2, -0.15) is 5.26 Å². The SMILES string of the molecule is C=CCO[C@@]12Oc3ccc(OCc4ccccc4F)cc3[C@H]3[C@H](CCCCO)[C@@H](CCCCO)C=C(C(=NOC(C)(C)C)C[C@@H]1N(CCC)C(=O)c1ccc(C#N)cc1)[C@H]32. The lowest BCUT2D eigenvalue weighted by Crippen LogP contribution is -2.70. The van der Waals surface area contributed by atoms with Gasteiger partial charge in [0.05, 0.1) is 29.9 Å². The molecule has 3 aromatic rings. The van der Waals surface area contributed by atoms with Crippen molar-refractivity contribution in [2.24, 2.45) is 22.9 Å². The molecule has 1 heterocycles. The summed E-state index contributed by atoms with van der Waals surface area (Å²) in [6.07, 6.45) is 9.41. The van der Waals surface area contributed by atoms with Gasteiger partial charge >= 0.3 is 0 Å². The lowest BCUT2D eigenvalue weighted by Gasteiger charge is -2.60. The number of aliphatic hydroxyl groups excluding tert-OH is 2. The Balaban J connectivity index is 1.59. The number of ether oxygens (including phenoxy) is 3. The van der Waals surface area contributed by atoms with Crippen molar-refractivity contribution >= 4 is 11.6 Å². The topological polar surface area (TPSA) is 134 Å². The lowest BCUT2D eigenvalue weighted by atomic mass is 9.55. The Morgan fingerprint density at radius 1 is 1.07 bits per heavy atom. The maximum atomic E-state index is 14.9. The molecule has 6 atom stereocenters. The summed E-state index contributed by atoms with van der Waals surface area (Å²) in [6.45, 7) is 12.6. The molecule has 0 unspecified atom stereocenters. The molecule has 1 aliphatic heterocycles. The maximum Gasteiger partial charge on any atom is 0.254 e. The van der Waals surface area contributed by atoms with E-state index >= 15 is 0 Å². The number of halogens is 1. The number of amides is 1. The predicted molar refractivity (Wildman–Crippen MR) is 229 cm³/mol. The molecule has 0 bridgehead atoms. The number of rotatable bonds is 19. The first-order valence-electron chi connectivity index (χ1n) is 21.4. The summed E-state index contributed by atoms with van der Waals surface area (Å²) >= 11 is 0. The van der Waals surface area contributed by atoms with Gasteiger partial charge in [-0.3, -0.25) is 4.79 Å². The number of fused-ring (bicyclic) bond motifs is 2. The first-order chi connectivity index (χ1) is 29.0. The van der Waals surface area contributed by atoms with Crippen molar-refractivity contribution in [2.75, 3.05) is 26.4 Å². The third-order valence-corrected chi connectivity index (χ3v) is 11.8. The van der Waals surface area contributed by atoms with Crippen molar-refractivity contribution in [2.45, 2.75) is 109 Å². The third kappa shape index (κ3) is 9.78. The average Bonchev–Trinajstić information content (AvgIpc) is 3.24. The fraction of sp³-hybridized carbons (Fsp3) is 0.490. The van der Waals surface area contributed by atoms with E-state index in [-0.39, 0.29) is 62.3 Å². The molecule has 2 N–H and O–H groups in total. The second kappa shape index (κ2) is 20.0. The van der Waals surface area contributed by atoms with Crippen LogP contribution >= 0.6 is 0 Å². The Hall–Kier alpha value is -5.02. The summed E-state index contributed by atoms with van der Waals surface area (Å²) in [5, 5.41) is 34.3. The molecule has 0 aromatic heterocycles. The average molecular weight is 822 g/mol. The second-order valence-electron chi connectivity index (χ2n) is 17.0. The molecule has 320 valence electrons. The number of hydrogen-bond donors (Lipinski definition) is 2. The van der Waals surface area contributed by atoms with Crippen LogP contribution in [-0.2, 0) is 16.2 Å². The summed E-state index contributed by atoms with van der Waals surface area (Å²) in [5.74, 6) is -1.49. The number of unbranched alkanes of at least 4 members (excludes halogenated alkanes) is 2. The van der Waals surface area contributed by atoms with Gasteiger partial charge in [0.15, 0.2) is 0 Å². The van der Waals surface area contributed by atoms with E-state index in [1.165, 1.54) is 6.07 Å². The smallest absolute Gasteiger partial charge is 0.254 e. The van der Waals surface area contributed by atoms with Gasteiger partial charge in [0.25, 0.3) is 5.91 Å². The molecule has 1 amide bonds. The van der Waals surface area contributed by atoms with Crippen molar-refractivity contribution in [1.29, 1.82) is 5.26 Å². The summed E-state index contributed by atoms with van der Waals surface area (Å²) in [6, 6.07) is 20.4. The highest BCUT2D eigenvalue weighted by Crippen LogP contribution is 2.62. The highest BCUT2D eigenvalue weighted by molar-refractivity contribution is 6.03. The molecule has 3 aromatic carbocycles. The van der Waals surface area contributed by atoms with E-state index in [2.05, 4.69) is 18.7 Å². The predicted octanol–water partition coefficient (Wildman–Crippen LogP) is 9.26. The van der Waals surface area contributed by atoms with Gasteiger partial charge in [0.1, 0.15) is 35.6 Å². The summed E-state index contributed by atoms with van der Waals surface area (Å²) in [4.78, 5) is 22.9. The molecule has 1 saturated carbocycles. The Kier molecular flexibility index (Phi) is 14.9. The molecule has 0 saturated heterocycles. The van der Waals surface area contributed by atoms with Gasteiger partial charge in [-0.25, -0.2) is 4.39 Å². The van der Waals surface area contributed by atoms with E-state index in [4.69, 9.17) is 24.2 Å². The number of hydrogen-bond acceptors (Lipinski definition) is 9. The van der Waals surface area contributed by atoms with E-state index in [0.29, 0.717) is 59.7 Å². The molecule has 1 fully saturated rings. The van der Waals surface area contributed by atoms with Crippen LogP contribution in [0.2, 0.25) is 0 Å². The second-order valence-corrected chi connectivity index (χ2v) is 17.0. The van der Waals surface area contributed by atoms with Gasteiger partial charge in [-0.15, -0.1) is 6.58 Å². The largest absolute Gasteiger partial charge is 0.489 e. The van der Waals surface area contributed by atoms with Gasteiger partial charge in [-0.05, 0) is 119 Å². The number of allylic oxidation sites excluding steroid dienone is 1. The molecule has 11 heteroatoms. The Morgan fingerprint density at radius 3 is 2.47 bits per heavy atom. The molecular formula is C49H60FN3O7. The first kappa shape index (κ1) is 44.5. The molecule has 0 spiro atoms. The molecule has 10 nitrogen and oxygen atoms in total. The minimum absolute atomic E-state index is 0.0255. The van der Waals surface area contributed by atoms with Crippen LogP contribution in [0, 0.1) is 34.9 Å².